The molecular formula is C21H19N3O3. The number of aryl methyl sites for hydroxylation is 2. The van der Waals surface area contributed by atoms with Crippen LogP contribution in [-0.2, 0) is 0 Å². The average Bonchev–Trinajstić information content (AvgIpc) is 3.28. The summed E-state index contributed by atoms with van der Waals surface area (Å²) < 4.78 is 7.43. The van der Waals surface area contributed by atoms with E-state index in [4.69, 9.17) is 4.42 Å². The number of benzene rings is 2. The van der Waals surface area contributed by atoms with Crippen LogP contribution in [0, 0.1) is 20.8 Å². The molecule has 2 aromatic carbocycles. The lowest BCUT2D eigenvalue weighted by molar-refractivity contribution is 0.0697. The van der Waals surface area contributed by atoms with Crippen LogP contribution in [0.15, 0.2) is 53.5 Å². The summed E-state index contributed by atoms with van der Waals surface area (Å²) in [7, 11) is 0. The minimum Gasteiger partial charge on any atom is -0.478 e. The van der Waals surface area contributed by atoms with Crippen molar-refractivity contribution >= 4 is 28.4 Å². The van der Waals surface area contributed by atoms with Gasteiger partial charge in [-0.05, 0) is 67.8 Å². The van der Waals surface area contributed by atoms with Crippen LogP contribution >= 0.6 is 0 Å². The Hall–Kier alpha value is -3.54. The molecule has 2 heterocycles. The summed E-state index contributed by atoms with van der Waals surface area (Å²) in [5.74, 6) is -0.386. The molecule has 136 valence electrons. The molecule has 6 heteroatoms. The highest BCUT2D eigenvalue weighted by molar-refractivity contribution is 5.99. The van der Waals surface area contributed by atoms with Crippen molar-refractivity contribution in [3.8, 4) is 5.69 Å². The van der Waals surface area contributed by atoms with Gasteiger partial charge in [-0.15, -0.1) is 0 Å². The lowest BCUT2D eigenvalue weighted by atomic mass is 10.0. The normalized spacial score (nSPS) is 11.1. The first-order valence-corrected chi connectivity index (χ1v) is 8.56. The second-order valence-corrected chi connectivity index (χ2v) is 6.66. The van der Waals surface area contributed by atoms with Crippen molar-refractivity contribution in [2.45, 2.75) is 20.8 Å². The van der Waals surface area contributed by atoms with Gasteiger partial charge >= 0.3 is 5.97 Å². The molecule has 4 aromatic rings. The van der Waals surface area contributed by atoms with E-state index in [0.717, 1.165) is 11.1 Å². The molecule has 0 aliphatic rings. The van der Waals surface area contributed by atoms with Crippen LogP contribution in [0.5, 0.6) is 0 Å². The van der Waals surface area contributed by atoms with Crippen molar-refractivity contribution in [1.29, 1.82) is 0 Å². The first-order valence-electron chi connectivity index (χ1n) is 8.56. The third-order valence-corrected chi connectivity index (χ3v) is 4.85. The predicted molar refractivity (Wildman–Crippen MR) is 104 cm³/mol. The summed E-state index contributed by atoms with van der Waals surface area (Å²) >= 11 is 0. The molecule has 2 N–H and O–H groups in total. The van der Waals surface area contributed by atoms with Crippen LogP contribution in [0.4, 0.5) is 11.5 Å². The number of fused-ring (bicyclic) bond motifs is 1. The number of aromatic carboxylic acids is 1. The number of carbonyl (C=O) groups is 1. The van der Waals surface area contributed by atoms with Crippen molar-refractivity contribution in [1.82, 2.24) is 9.55 Å². The summed E-state index contributed by atoms with van der Waals surface area (Å²) in [6.45, 7) is 6.29. The minimum absolute atomic E-state index is 0.190. The van der Waals surface area contributed by atoms with Gasteiger partial charge < -0.3 is 19.4 Å². The predicted octanol–water partition coefficient (Wildman–Crippen LogP) is 4.99. The Morgan fingerprint density at radius 1 is 1.15 bits per heavy atom. The summed E-state index contributed by atoms with van der Waals surface area (Å²) in [5.41, 5.74) is 6.10. The molecular weight excluding hydrogens is 342 g/mol. The Bertz CT molecular complexity index is 1150. The molecule has 0 saturated carbocycles. The Kier molecular flexibility index (Phi) is 3.96. The highest BCUT2D eigenvalue weighted by atomic mass is 16.4. The molecule has 0 fully saturated rings. The standard InChI is InChI=1S/C21H19N3O3/c1-12-6-17(7-13(2)14(12)3)24-10-19(22-11-24)23-18-9-16(21(25)26)8-15-4-5-27-20(15)18/h4-11,23H,1-3H3,(H,25,26). The molecule has 0 amide bonds. The Morgan fingerprint density at radius 3 is 2.59 bits per heavy atom. The minimum atomic E-state index is -0.989. The number of carboxylic acid groups (broad SMARTS) is 1. The number of hydrogen-bond acceptors (Lipinski definition) is 4. The van der Waals surface area contributed by atoms with E-state index in [1.165, 1.54) is 23.0 Å². The van der Waals surface area contributed by atoms with Gasteiger partial charge in [-0.25, -0.2) is 9.78 Å². The zero-order chi connectivity index (χ0) is 19.1. The number of hydrogen-bond donors (Lipinski definition) is 2. The first-order chi connectivity index (χ1) is 12.9. The van der Waals surface area contributed by atoms with Crippen LogP contribution in [0.1, 0.15) is 27.0 Å². The summed E-state index contributed by atoms with van der Waals surface area (Å²) in [5, 5.41) is 13.2. The van der Waals surface area contributed by atoms with Gasteiger partial charge in [0.2, 0.25) is 0 Å². The number of nitrogens with one attached hydrogen (secondary N) is 1. The number of rotatable bonds is 4. The van der Waals surface area contributed by atoms with E-state index in [9.17, 15) is 9.90 Å². The molecule has 27 heavy (non-hydrogen) atoms. The van der Waals surface area contributed by atoms with Gasteiger partial charge in [0.25, 0.3) is 0 Å². The number of carboxylic acids is 1. The first kappa shape index (κ1) is 16.9. The maximum Gasteiger partial charge on any atom is 0.335 e. The van der Waals surface area contributed by atoms with E-state index in [1.807, 2.05) is 10.8 Å². The van der Waals surface area contributed by atoms with Crippen molar-refractivity contribution in [2.75, 3.05) is 5.32 Å². The highest BCUT2D eigenvalue weighted by Crippen LogP contribution is 2.29. The van der Waals surface area contributed by atoms with Crippen LogP contribution < -0.4 is 5.32 Å². The summed E-state index contributed by atoms with van der Waals surface area (Å²) in [6, 6.07) is 9.10. The van der Waals surface area contributed by atoms with Gasteiger partial charge in [0, 0.05) is 11.1 Å². The second-order valence-electron chi connectivity index (χ2n) is 6.66. The largest absolute Gasteiger partial charge is 0.478 e. The van der Waals surface area contributed by atoms with E-state index >= 15 is 0 Å². The van der Waals surface area contributed by atoms with Crippen molar-refractivity contribution in [3.05, 3.63) is 71.4 Å². The number of imidazole rings is 1. The highest BCUT2D eigenvalue weighted by Gasteiger charge is 2.13. The number of nitrogens with zero attached hydrogens (tertiary/aromatic N) is 2. The maximum atomic E-state index is 11.4. The van der Waals surface area contributed by atoms with Crippen molar-refractivity contribution in [2.24, 2.45) is 0 Å². The monoisotopic (exact) mass is 361 g/mol. The quantitative estimate of drug-likeness (QED) is 0.535. The second kappa shape index (κ2) is 6.32. The average molecular weight is 361 g/mol. The molecule has 0 radical (unpaired) electrons. The fourth-order valence-electron chi connectivity index (χ4n) is 3.13. The topological polar surface area (TPSA) is 80.3 Å². The Morgan fingerprint density at radius 2 is 1.89 bits per heavy atom. The van der Waals surface area contributed by atoms with Crippen molar-refractivity contribution < 1.29 is 14.3 Å². The smallest absolute Gasteiger partial charge is 0.335 e. The molecule has 0 unspecified atom stereocenters. The molecule has 0 spiro atoms. The number of furan rings is 1. The fourth-order valence-corrected chi connectivity index (χ4v) is 3.13. The summed E-state index contributed by atoms with van der Waals surface area (Å²) in [6.07, 6.45) is 5.13. The maximum absolute atomic E-state index is 11.4. The Balaban J connectivity index is 1.70. The van der Waals surface area contributed by atoms with E-state index in [2.05, 4.69) is 43.2 Å². The van der Waals surface area contributed by atoms with E-state index in [1.54, 1.807) is 24.5 Å². The fraction of sp³-hybridized carbons (Fsp3) is 0.143. The Labute approximate surface area is 156 Å². The zero-order valence-electron chi connectivity index (χ0n) is 15.3. The van der Waals surface area contributed by atoms with Crippen LogP contribution in [0.2, 0.25) is 0 Å². The lowest BCUT2D eigenvalue weighted by Gasteiger charge is -2.09. The molecule has 4 rings (SSSR count). The molecule has 2 aromatic heterocycles. The van der Waals surface area contributed by atoms with Gasteiger partial charge in [-0.2, -0.15) is 0 Å². The van der Waals surface area contributed by atoms with Gasteiger partial charge in [0.15, 0.2) is 5.58 Å². The lowest BCUT2D eigenvalue weighted by Crippen LogP contribution is -1.99. The van der Waals surface area contributed by atoms with E-state index < -0.39 is 5.97 Å². The van der Waals surface area contributed by atoms with E-state index in [0.29, 0.717) is 17.1 Å². The third-order valence-electron chi connectivity index (χ3n) is 4.85. The van der Waals surface area contributed by atoms with Crippen LogP contribution in [0.25, 0.3) is 16.7 Å². The van der Waals surface area contributed by atoms with Crippen LogP contribution in [-0.4, -0.2) is 20.6 Å². The molecule has 0 saturated heterocycles. The molecule has 0 bridgehead atoms. The molecule has 0 aliphatic heterocycles. The van der Waals surface area contributed by atoms with E-state index in [-0.39, 0.29) is 5.56 Å². The van der Waals surface area contributed by atoms with Crippen molar-refractivity contribution in [3.63, 3.8) is 0 Å². The zero-order valence-corrected chi connectivity index (χ0v) is 15.3. The molecule has 0 aliphatic carbocycles. The third kappa shape index (κ3) is 3.06. The van der Waals surface area contributed by atoms with Gasteiger partial charge in [0.1, 0.15) is 12.1 Å². The SMILES string of the molecule is Cc1cc(-n2cnc(Nc3cc(C(=O)O)cc4ccoc34)c2)cc(C)c1C. The molecule has 6 nitrogen and oxygen atoms in total. The van der Waals surface area contributed by atoms with Gasteiger partial charge in [-0.3, -0.25) is 0 Å². The van der Waals surface area contributed by atoms with Gasteiger partial charge in [-0.1, -0.05) is 0 Å². The van der Waals surface area contributed by atoms with Gasteiger partial charge in [0.05, 0.1) is 23.7 Å². The van der Waals surface area contributed by atoms with Crippen LogP contribution in [0.3, 0.4) is 0 Å². The molecule has 0 atom stereocenters. The number of aromatic nitrogens is 2. The number of anilines is 2. The summed E-state index contributed by atoms with van der Waals surface area (Å²) in [4.78, 5) is 15.8.